The van der Waals surface area contributed by atoms with E-state index in [-0.39, 0.29) is 16.7 Å². The fourth-order valence-electron chi connectivity index (χ4n) is 3.24. The van der Waals surface area contributed by atoms with Crippen LogP contribution in [0.4, 0.5) is 5.69 Å². The first-order valence-corrected chi connectivity index (χ1v) is 10.8. The van der Waals surface area contributed by atoms with Crippen LogP contribution in [0.2, 0.25) is 0 Å². The normalized spacial score (nSPS) is 21.6. The van der Waals surface area contributed by atoms with Gasteiger partial charge in [-0.2, -0.15) is 4.31 Å². The third-order valence-corrected chi connectivity index (χ3v) is 7.10. The highest BCUT2D eigenvalue weighted by atomic mass is 32.2. The van der Waals surface area contributed by atoms with E-state index in [2.05, 4.69) is 5.32 Å². The van der Waals surface area contributed by atoms with Crippen molar-refractivity contribution >= 4 is 38.9 Å². The fourth-order valence-corrected chi connectivity index (χ4v) is 4.93. The van der Waals surface area contributed by atoms with Gasteiger partial charge in [0.25, 0.3) is 0 Å². The second-order valence-electron chi connectivity index (χ2n) is 6.66. The van der Waals surface area contributed by atoms with Crippen LogP contribution < -0.4 is 11.1 Å². The number of piperidine rings is 1. The van der Waals surface area contributed by atoms with Gasteiger partial charge in [0.05, 0.1) is 24.0 Å². The Morgan fingerprint density at radius 2 is 1.85 bits per heavy atom. The summed E-state index contributed by atoms with van der Waals surface area (Å²) in [4.78, 5) is 13.6. The van der Waals surface area contributed by atoms with Gasteiger partial charge in [-0.05, 0) is 49.3 Å². The lowest BCUT2D eigenvalue weighted by atomic mass is 9.98. The zero-order chi connectivity index (χ0) is 19.4. The molecule has 3 rings (SSSR count). The fraction of sp³-hybridized carbons (Fsp3) is 0.529. The zero-order valence-electron chi connectivity index (χ0n) is 15.0. The average Bonchev–Trinajstić information content (AvgIpc) is 2.69. The Bertz CT molecular complexity index is 792. The molecule has 2 fully saturated rings. The van der Waals surface area contributed by atoms with Gasteiger partial charge >= 0.3 is 0 Å². The van der Waals surface area contributed by atoms with Crippen LogP contribution in [0.1, 0.15) is 12.8 Å². The molecule has 27 heavy (non-hydrogen) atoms. The van der Waals surface area contributed by atoms with Gasteiger partial charge in [-0.1, -0.05) is 0 Å². The molecule has 1 unspecified atom stereocenters. The van der Waals surface area contributed by atoms with E-state index in [4.69, 9.17) is 22.7 Å². The summed E-state index contributed by atoms with van der Waals surface area (Å²) in [6.07, 6.45) is 1.63. The molecule has 0 bridgehead atoms. The van der Waals surface area contributed by atoms with E-state index in [1.807, 2.05) is 4.90 Å². The van der Waals surface area contributed by atoms with Gasteiger partial charge in [0, 0.05) is 31.9 Å². The zero-order valence-corrected chi connectivity index (χ0v) is 16.6. The molecular formula is C17H24N4O4S2. The highest BCUT2D eigenvalue weighted by molar-refractivity contribution is 7.89. The summed E-state index contributed by atoms with van der Waals surface area (Å²) in [5.41, 5.74) is 6.10. The van der Waals surface area contributed by atoms with Crippen molar-refractivity contribution in [1.29, 1.82) is 0 Å². The highest BCUT2D eigenvalue weighted by Crippen LogP contribution is 2.21. The highest BCUT2D eigenvalue weighted by Gasteiger charge is 2.27. The van der Waals surface area contributed by atoms with Gasteiger partial charge in [-0.25, -0.2) is 8.42 Å². The van der Waals surface area contributed by atoms with Crippen LogP contribution in [-0.4, -0.2) is 68.0 Å². The molecule has 8 nitrogen and oxygen atoms in total. The number of nitrogens with two attached hydrogens (primary N) is 1. The van der Waals surface area contributed by atoms with Crippen LogP contribution in [0.3, 0.4) is 0 Å². The maximum Gasteiger partial charge on any atom is 0.243 e. The molecule has 0 spiro atoms. The van der Waals surface area contributed by atoms with Crippen molar-refractivity contribution in [2.45, 2.75) is 17.7 Å². The van der Waals surface area contributed by atoms with E-state index >= 15 is 0 Å². The Hall–Kier alpha value is -1.75. The monoisotopic (exact) mass is 412 g/mol. The molecule has 1 atom stereocenters. The predicted molar refractivity (Wildman–Crippen MR) is 106 cm³/mol. The van der Waals surface area contributed by atoms with Crippen molar-refractivity contribution < 1.29 is 17.9 Å². The molecule has 2 aliphatic rings. The first-order chi connectivity index (χ1) is 12.9. The lowest BCUT2D eigenvalue weighted by molar-refractivity contribution is -0.122. The summed E-state index contributed by atoms with van der Waals surface area (Å²) in [6, 6.07) is 6.51. The number of nitrogens with one attached hydrogen (secondary N) is 1. The maximum atomic E-state index is 12.6. The number of hydrogen-bond acceptors (Lipinski definition) is 5. The largest absolute Gasteiger partial charge is 0.379 e. The van der Waals surface area contributed by atoms with Gasteiger partial charge in [0.1, 0.15) is 0 Å². The van der Waals surface area contributed by atoms with Gasteiger partial charge in [0.2, 0.25) is 15.9 Å². The molecule has 1 amide bonds. The van der Waals surface area contributed by atoms with E-state index in [0.717, 1.165) is 19.4 Å². The molecule has 0 saturated carbocycles. The summed E-state index contributed by atoms with van der Waals surface area (Å²) in [5, 5.41) is 3.61. The number of thiocarbonyl (C=S) groups is 1. The summed E-state index contributed by atoms with van der Waals surface area (Å²) < 4.78 is 31.9. The van der Waals surface area contributed by atoms with Crippen LogP contribution in [-0.2, 0) is 19.6 Å². The van der Waals surface area contributed by atoms with E-state index in [1.54, 1.807) is 24.3 Å². The second-order valence-corrected chi connectivity index (χ2v) is 8.98. The number of anilines is 1. The molecule has 0 aliphatic carbocycles. The lowest BCUT2D eigenvalue weighted by Gasteiger charge is -2.33. The number of primary amides is 1. The Labute approximate surface area is 164 Å². The molecule has 2 aliphatic heterocycles. The number of carbonyl (C=O) groups excluding carboxylic acids is 1. The molecule has 0 aromatic heterocycles. The van der Waals surface area contributed by atoms with Crippen molar-refractivity contribution in [3.05, 3.63) is 24.3 Å². The molecule has 3 N–H and O–H groups in total. The number of morpholine rings is 1. The molecule has 1 aromatic rings. The van der Waals surface area contributed by atoms with Gasteiger partial charge in [-0.15, -0.1) is 0 Å². The molecule has 2 saturated heterocycles. The minimum absolute atomic E-state index is 0.195. The Kier molecular flexibility index (Phi) is 6.30. The van der Waals surface area contributed by atoms with E-state index < -0.39 is 10.0 Å². The molecular weight excluding hydrogens is 388 g/mol. The van der Waals surface area contributed by atoms with Gasteiger partial charge in [0.15, 0.2) is 5.11 Å². The van der Waals surface area contributed by atoms with E-state index in [9.17, 15) is 13.2 Å². The van der Waals surface area contributed by atoms with Crippen LogP contribution >= 0.6 is 12.2 Å². The summed E-state index contributed by atoms with van der Waals surface area (Å²) >= 11 is 5.43. The SMILES string of the molecule is NC(=O)C1CCCN(C(=S)Nc2ccc(S(=O)(=O)N3CCOCC3)cc2)C1. The third-order valence-electron chi connectivity index (χ3n) is 4.82. The average molecular weight is 413 g/mol. The predicted octanol–water partition coefficient (Wildman–Crippen LogP) is 0.602. The van der Waals surface area contributed by atoms with Crippen LogP contribution in [0, 0.1) is 5.92 Å². The molecule has 148 valence electrons. The number of hydrogen-bond donors (Lipinski definition) is 2. The number of carbonyl (C=O) groups is 1. The van der Waals surface area contributed by atoms with Crippen LogP contribution in [0.5, 0.6) is 0 Å². The molecule has 1 aromatic carbocycles. The Morgan fingerprint density at radius 3 is 2.48 bits per heavy atom. The first-order valence-electron chi connectivity index (χ1n) is 8.91. The van der Waals surface area contributed by atoms with Gasteiger partial charge in [-0.3, -0.25) is 4.79 Å². The van der Waals surface area contributed by atoms with Crippen molar-refractivity contribution in [2.24, 2.45) is 11.7 Å². The van der Waals surface area contributed by atoms with Crippen molar-refractivity contribution in [2.75, 3.05) is 44.7 Å². The van der Waals surface area contributed by atoms with Crippen LogP contribution in [0.15, 0.2) is 29.2 Å². The summed E-state index contributed by atoms with van der Waals surface area (Å²) in [6.45, 7) is 2.82. The summed E-state index contributed by atoms with van der Waals surface area (Å²) in [7, 11) is -3.51. The number of likely N-dealkylation sites (tertiary alicyclic amines) is 1. The topological polar surface area (TPSA) is 105 Å². The standard InChI is InChI=1S/C17H24N4O4S2/c18-16(22)13-2-1-7-20(12-13)17(26)19-14-3-5-15(6-4-14)27(23,24)21-8-10-25-11-9-21/h3-6,13H,1-2,7-12H2,(H2,18,22)(H,19,26). The Morgan fingerprint density at radius 1 is 1.19 bits per heavy atom. The van der Waals surface area contributed by atoms with Crippen molar-refractivity contribution in [3.8, 4) is 0 Å². The molecule has 2 heterocycles. The minimum atomic E-state index is -3.51. The smallest absolute Gasteiger partial charge is 0.243 e. The van der Waals surface area contributed by atoms with Gasteiger partial charge < -0.3 is 20.7 Å². The van der Waals surface area contributed by atoms with Crippen LogP contribution in [0.25, 0.3) is 0 Å². The lowest BCUT2D eigenvalue weighted by Crippen LogP contribution is -2.45. The molecule has 0 radical (unpaired) electrons. The minimum Gasteiger partial charge on any atom is -0.379 e. The molecule has 10 heteroatoms. The number of sulfonamides is 1. The number of nitrogens with zero attached hydrogens (tertiary/aromatic N) is 2. The number of rotatable bonds is 4. The summed E-state index contributed by atoms with van der Waals surface area (Å²) in [5.74, 6) is -0.500. The van der Waals surface area contributed by atoms with E-state index in [1.165, 1.54) is 4.31 Å². The number of ether oxygens (including phenoxy) is 1. The first kappa shape index (κ1) is 20.0. The maximum absolute atomic E-state index is 12.6. The Balaban J connectivity index is 1.63. The third kappa shape index (κ3) is 4.75. The van der Waals surface area contributed by atoms with Crippen molar-refractivity contribution in [1.82, 2.24) is 9.21 Å². The van der Waals surface area contributed by atoms with Crippen molar-refractivity contribution in [3.63, 3.8) is 0 Å². The van der Waals surface area contributed by atoms with E-state index in [0.29, 0.717) is 43.6 Å². The number of benzene rings is 1. The quantitative estimate of drug-likeness (QED) is 0.698. The second kappa shape index (κ2) is 8.51. The number of amides is 1.